The van der Waals surface area contributed by atoms with E-state index in [0.29, 0.717) is 39.1 Å². The molecule has 2 amide bonds. The fourth-order valence-electron chi connectivity index (χ4n) is 3.78. The Kier molecular flexibility index (Phi) is 4.09. The standard InChI is InChI=1S/C22H20FN5O2/c1-24-22(30)15-10-25-20(27-21(29)12-3-4-12)18-14(15)9-16(26-18)13-6-5-11-7-8-28(2)19(11)17(13)23/h5-10,12,26H,3-4H2,1-2H3,(H,24,30)(H,25,27,29). The minimum atomic E-state index is -0.357. The van der Waals surface area contributed by atoms with Crippen LogP contribution < -0.4 is 10.6 Å². The highest BCUT2D eigenvalue weighted by Crippen LogP contribution is 2.35. The van der Waals surface area contributed by atoms with Crippen LogP contribution >= 0.6 is 0 Å². The molecule has 4 aromatic rings. The van der Waals surface area contributed by atoms with Crippen molar-refractivity contribution in [3.05, 3.63) is 48.0 Å². The molecular formula is C22H20FN5O2. The van der Waals surface area contributed by atoms with Crippen molar-refractivity contribution < 1.29 is 14.0 Å². The van der Waals surface area contributed by atoms with E-state index < -0.39 is 0 Å². The molecule has 0 unspecified atom stereocenters. The number of benzene rings is 1. The van der Waals surface area contributed by atoms with Crippen LogP contribution in [0.5, 0.6) is 0 Å². The zero-order chi connectivity index (χ0) is 21.0. The molecule has 152 valence electrons. The lowest BCUT2D eigenvalue weighted by atomic mass is 10.1. The minimum Gasteiger partial charge on any atom is -0.355 e. The van der Waals surface area contributed by atoms with E-state index in [4.69, 9.17) is 0 Å². The third-order valence-corrected chi connectivity index (χ3v) is 5.60. The lowest BCUT2D eigenvalue weighted by molar-refractivity contribution is -0.117. The van der Waals surface area contributed by atoms with E-state index in [0.717, 1.165) is 18.2 Å². The summed E-state index contributed by atoms with van der Waals surface area (Å²) in [5.41, 5.74) is 2.22. The van der Waals surface area contributed by atoms with Gasteiger partial charge in [-0.2, -0.15) is 0 Å². The van der Waals surface area contributed by atoms with Gasteiger partial charge in [0.2, 0.25) is 5.91 Å². The number of halogens is 1. The molecule has 1 aliphatic carbocycles. The fourth-order valence-corrected chi connectivity index (χ4v) is 3.78. The first kappa shape index (κ1) is 18.4. The van der Waals surface area contributed by atoms with Gasteiger partial charge < -0.3 is 20.2 Å². The Morgan fingerprint density at radius 3 is 2.80 bits per heavy atom. The van der Waals surface area contributed by atoms with Crippen LogP contribution in [0.4, 0.5) is 10.2 Å². The molecule has 0 bridgehead atoms. The summed E-state index contributed by atoms with van der Waals surface area (Å²) in [6.45, 7) is 0. The number of nitrogens with one attached hydrogen (secondary N) is 3. The molecule has 30 heavy (non-hydrogen) atoms. The minimum absolute atomic E-state index is 0.00657. The highest BCUT2D eigenvalue weighted by atomic mass is 19.1. The zero-order valence-electron chi connectivity index (χ0n) is 16.5. The van der Waals surface area contributed by atoms with Gasteiger partial charge in [-0.05, 0) is 31.0 Å². The van der Waals surface area contributed by atoms with Crippen molar-refractivity contribution in [2.24, 2.45) is 13.0 Å². The monoisotopic (exact) mass is 405 g/mol. The maximum atomic E-state index is 15.3. The first-order valence-corrected chi connectivity index (χ1v) is 9.76. The molecule has 3 N–H and O–H groups in total. The molecule has 3 heterocycles. The second-order valence-electron chi connectivity index (χ2n) is 7.63. The molecule has 3 aromatic heterocycles. The van der Waals surface area contributed by atoms with E-state index in [1.165, 1.54) is 13.2 Å². The molecule has 1 aromatic carbocycles. The summed E-state index contributed by atoms with van der Waals surface area (Å²) in [6.07, 6.45) is 4.96. The van der Waals surface area contributed by atoms with Gasteiger partial charge in [-0.3, -0.25) is 9.59 Å². The Hall–Kier alpha value is -3.68. The molecule has 5 rings (SSSR count). The maximum absolute atomic E-state index is 15.3. The second-order valence-corrected chi connectivity index (χ2v) is 7.63. The topological polar surface area (TPSA) is 91.8 Å². The van der Waals surface area contributed by atoms with Crippen LogP contribution in [0.3, 0.4) is 0 Å². The van der Waals surface area contributed by atoms with Gasteiger partial charge in [0.05, 0.1) is 16.6 Å². The smallest absolute Gasteiger partial charge is 0.253 e. The number of aromatic amines is 1. The number of H-pyrrole nitrogens is 1. The number of nitrogens with zero attached hydrogens (tertiary/aromatic N) is 2. The van der Waals surface area contributed by atoms with Crippen molar-refractivity contribution in [3.8, 4) is 11.3 Å². The molecule has 1 fully saturated rings. The number of amides is 2. The summed E-state index contributed by atoms with van der Waals surface area (Å²) < 4.78 is 17.1. The van der Waals surface area contributed by atoms with Crippen LogP contribution in [-0.2, 0) is 11.8 Å². The first-order chi connectivity index (χ1) is 14.5. The van der Waals surface area contributed by atoms with Crippen LogP contribution in [0.2, 0.25) is 0 Å². The fraction of sp³-hybridized carbons (Fsp3) is 0.227. The van der Waals surface area contributed by atoms with Crippen molar-refractivity contribution >= 4 is 39.4 Å². The number of rotatable bonds is 4. The average Bonchev–Trinajstić information content (AvgIpc) is 3.39. The van der Waals surface area contributed by atoms with E-state index >= 15 is 4.39 Å². The Labute approximate surface area is 171 Å². The zero-order valence-corrected chi connectivity index (χ0v) is 16.5. The molecule has 0 aliphatic heterocycles. The van der Waals surface area contributed by atoms with Crippen LogP contribution in [-0.4, -0.2) is 33.4 Å². The van der Waals surface area contributed by atoms with Gasteiger partial charge in [0.1, 0.15) is 0 Å². The summed E-state index contributed by atoms with van der Waals surface area (Å²) in [6, 6.07) is 7.14. The summed E-state index contributed by atoms with van der Waals surface area (Å²) in [4.78, 5) is 32.1. The third kappa shape index (κ3) is 2.83. The highest BCUT2D eigenvalue weighted by Gasteiger charge is 2.30. The van der Waals surface area contributed by atoms with Gasteiger partial charge in [0.25, 0.3) is 5.91 Å². The number of carbonyl (C=O) groups excluding carboxylic acids is 2. The lowest BCUT2D eigenvalue weighted by Gasteiger charge is -2.07. The first-order valence-electron chi connectivity index (χ1n) is 9.76. The highest BCUT2D eigenvalue weighted by molar-refractivity contribution is 6.11. The summed E-state index contributed by atoms with van der Waals surface area (Å²) in [5, 5.41) is 6.80. The summed E-state index contributed by atoms with van der Waals surface area (Å²) in [5.74, 6) is -0.418. The van der Waals surface area contributed by atoms with Gasteiger partial charge in [-0.15, -0.1) is 0 Å². The van der Waals surface area contributed by atoms with E-state index in [1.54, 1.807) is 23.7 Å². The van der Waals surface area contributed by atoms with Crippen LogP contribution in [0.25, 0.3) is 33.1 Å². The van der Waals surface area contributed by atoms with Crippen LogP contribution in [0.15, 0.2) is 36.7 Å². The van der Waals surface area contributed by atoms with Crippen LogP contribution in [0, 0.1) is 11.7 Å². The third-order valence-electron chi connectivity index (χ3n) is 5.60. The molecule has 0 radical (unpaired) electrons. The lowest BCUT2D eigenvalue weighted by Crippen LogP contribution is -2.19. The van der Waals surface area contributed by atoms with Crippen LogP contribution in [0.1, 0.15) is 23.2 Å². The largest absolute Gasteiger partial charge is 0.355 e. The van der Waals surface area contributed by atoms with E-state index in [9.17, 15) is 9.59 Å². The average molecular weight is 405 g/mol. The van der Waals surface area contributed by atoms with Gasteiger partial charge in [-0.25, -0.2) is 9.37 Å². The Morgan fingerprint density at radius 1 is 1.27 bits per heavy atom. The summed E-state index contributed by atoms with van der Waals surface area (Å²) in [7, 11) is 3.33. The number of aryl methyl sites for hydroxylation is 1. The Balaban J connectivity index is 1.69. The van der Waals surface area contributed by atoms with Crippen molar-refractivity contribution in [2.45, 2.75) is 12.8 Å². The molecule has 0 saturated heterocycles. The number of hydrogen-bond acceptors (Lipinski definition) is 3. The SMILES string of the molecule is CNC(=O)c1cnc(NC(=O)C2CC2)c2[nH]c(-c3ccc4ccn(C)c4c3F)cc12. The number of anilines is 1. The molecule has 0 spiro atoms. The molecule has 1 aliphatic rings. The van der Waals surface area contributed by atoms with Crippen molar-refractivity contribution in [2.75, 3.05) is 12.4 Å². The molecule has 1 saturated carbocycles. The second kappa shape index (κ2) is 6.69. The number of carbonyl (C=O) groups is 2. The normalized spacial score (nSPS) is 13.7. The molecule has 8 heteroatoms. The molecule has 0 atom stereocenters. The number of pyridine rings is 1. The Morgan fingerprint density at radius 2 is 2.07 bits per heavy atom. The summed E-state index contributed by atoms with van der Waals surface area (Å²) >= 11 is 0. The quantitative estimate of drug-likeness (QED) is 0.485. The van der Waals surface area contributed by atoms with E-state index in [-0.39, 0.29) is 23.5 Å². The van der Waals surface area contributed by atoms with Gasteiger partial charge in [0, 0.05) is 54.4 Å². The molecular weight excluding hydrogens is 385 g/mol. The number of fused-ring (bicyclic) bond motifs is 2. The number of aromatic nitrogens is 3. The predicted octanol–water partition coefficient (Wildman–Crippen LogP) is 3.57. The van der Waals surface area contributed by atoms with Crippen molar-refractivity contribution in [1.82, 2.24) is 19.9 Å². The molecule has 7 nitrogen and oxygen atoms in total. The van der Waals surface area contributed by atoms with E-state index in [1.807, 2.05) is 18.3 Å². The van der Waals surface area contributed by atoms with E-state index in [2.05, 4.69) is 20.6 Å². The van der Waals surface area contributed by atoms with Crippen molar-refractivity contribution in [3.63, 3.8) is 0 Å². The Bertz CT molecular complexity index is 1330. The van der Waals surface area contributed by atoms with Gasteiger partial charge in [-0.1, -0.05) is 6.07 Å². The van der Waals surface area contributed by atoms with Gasteiger partial charge >= 0.3 is 0 Å². The maximum Gasteiger partial charge on any atom is 0.253 e. The van der Waals surface area contributed by atoms with Crippen molar-refractivity contribution in [1.29, 1.82) is 0 Å². The number of hydrogen-bond donors (Lipinski definition) is 3. The predicted molar refractivity (Wildman–Crippen MR) is 113 cm³/mol. The van der Waals surface area contributed by atoms with Gasteiger partial charge in [0.15, 0.2) is 11.6 Å².